The van der Waals surface area contributed by atoms with Crippen molar-refractivity contribution in [2.45, 2.75) is 38.4 Å². The van der Waals surface area contributed by atoms with E-state index in [1.165, 1.54) is 12.1 Å². The Hall–Kier alpha value is -1.56. The minimum absolute atomic E-state index is 0.0393. The number of carbonyl (C=O) groups is 1. The Morgan fingerprint density at radius 1 is 1.40 bits per heavy atom. The molecule has 1 unspecified atom stereocenters. The lowest BCUT2D eigenvalue weighted by molar-refractivity contribution is -0.137. The molecular formula is C14H18F3NO2. The van der Waals surface area contributed by atoms with Gasteiger partial charge in [-0.2, -0.15) is 13.2 Å². The van der Waals surface area contributed by atoms with Gasteiger partial charge in [0.1, 0.15) is 0 Å². The van der Waals surface area contributed by atoms with Gasteiger partial charge in [0, 0.05) is 12.6 Å². The summed E-state index contributed by atoms with van der Waals surface area (Å²) in [6.45, 7) is 1.83. The lowest BCUT2D eigenvalue weighted by Crippen LogP contribution is -2.36. The van der Waals surface area contributed by atoms with Crippen LogP contribution in [0.25, 0.3) is 0 Å². The summed E-state index contributed by atoms with van der Waals surface area (Å²) in [5.74, 6) is -0.343. The third-order valence-corrected chi connectivity index (χ3v) is 2.95. The largest absolute Gasteiger partial charge is 0.416 e. The maximum absolute atomic E-state index is 12.5. The molecule has 0 aliphatic rings. The Kier molecular flexibility index (Phi) is 6.01. The second kappa shape index (κ2) is 7.28. The topological polar surface area (TPSA) is 49.3 Å². The van der Waals surface area contributed by atoms with Crippen molar-refractivity contribution in [1.82, 2.24) is 5.32 Å². The number of aliphatic hydroxyl groups is 1. The van der Waals surface area contributed by atoms with Crippen molar-refractivity contribution in [3.05, 3.63) is 35.4 Å². The first kappa shape index (κ1) is 16.5. The average molecular weight is 289 g/mol. The van der Waals surface area contributed by atoms with Crippen LogP contribution >= 0.6 is 0 Å². The van der Waals surface area contributed by atoms with Gasteiger partial charge in [-0.1, -0.05) is 25.1 Å². The molecule has 112 valence electrons. The Morgan fingerprint density at radius 2 is 2.10 bits per heavy atom. The number of benzene rings is 1. The van der Waals surface area contributed by atoms with E-state index in [1.807, 2.05) is 6.92 Å². The molecule has 0 radical (unpaired) electrons. The van der Waals surface area contributed by atoms with Crippen molar-refractivity contribution in [3.8, 4) is 0 Å². The molecule has 1 aromatic rings. The molecule has 0 spiro atoms. The summed E-state index contributed by atoms with van der Waals surface area (Å²) in [5, 5.41) is 11.5. The highest BCUT2D eigenvalue weighted by atomic mass is 19.4. The Bertz CT molecular complexity index is 446. The minimum Gasteiger partial charge on any atom is -0.396 e. The summed E-state index contributed by atoms with van der Waals surface area (Å²) < 4.78 is 37.6. The van der Waals surface area contributed by atoms with Gasteiger partial charge >= 0.3 is 6.18 Å². The molecule has 2 N–H and O–H groups in total. The van der Waals surface area contributed by atoms with Crippen LogP contribution in [0.4, 0.5) is 13.2 Å². The number of aliphatic hydroxyl groups excluding tert-OH is 1. The van der Waals surface area contributed by atoms with Crippen LogP contribution in [0.2, 0.25) is 0 Å². The van der Waals surface area contributed by atoms with Gasteiger partial charge < -0.3 is 10.4 Å². The molecule has 1 amide bonds. The summed E-state index contributed by atoms with van der Waals surface area (Å²) >= 11 is 0. The first-order valence-electron chi connectivity index (χ1n) is 6.43. The summed E-state index contributed by atoms with van der Waals surface area (Å²) in [7, 11) is 0. The smallest absolute Gasteiger partial charge is 0.396 e. The molecule has 6 heteroatoms. The highest BCUT2D eigenvalue weighted by Crippen LogP contribution is 2.29. The summed E-state index contributed by atoms with van der Waals surface area (Å²) in [6, 6.07) is 4.57. The van der Waals surface area contributed by atoms with Crippen molar-refractivity contribution in [2.24, 2.45) is 0 Å². The fraction of sp³-hybridized carbons (Fsp3) is 0.500. The zero-order chi connectivity index (χ0) is 15.2. The van der Waals surface area contributed by atoms with E-state index in [1.54, 1.807) is 0 Å². The van der Waals surface area contributed by atoms with Crippen LogP contribution in [0.15, 0.2) is 24.3 Å². The second-order valence-electron chi connectivity index (χ2n) is 4.56. The Labute approximate surface area is 115 Å². The third kappa shape index (κ3) is 5.21. The van der Waals surface area contributed by atoms with Crippen LogP contribution in [0.1, 0.15) is 30.9 Å². The summed E-state index contributed by atoms with van der Waals surface area (Å²) in [4.78, 5) is 11.7. The number of rotatable bonds is 6. The van der Waals surface area contributed by atoms with Crippen molar-refractivity contribution in [1.29, 1.82) is 0 Å². The van der Waals surface area contributed by atoms with Gasteiger partial charge in [-0.15, -0.1) is 0 Å². The lowest BCUT2D eigenvalue weighted by atomic mass is 10.1. The number of carbonyl (C=O) groups excluding carboxylic acids is 1. The SMILES string of the molecule is CCC(CCO)NC(=O)Cc1cccc(C(F)(F)F)c1. The van der Waals surface area contributed by atoms with Crippen molar-refractivity contribution < 1.29 is 23.1 Å². The fourth-order valence-electron chi connectivity index (χ4n) is 1.86. The molecule has 0 saturated carbocycles. The molecule has 1 atom stereocenters. The first-order valence-corrected chi connectivity index (χ1v) is 6.43. The first-order chi connectivity index (χ1) is 9.36. The minimum atomic E-state index is -4.41. The molecule has 0 saturated heterocycles. The monoisotopic (exact) mass is 289 g/mol. The normalized spacial score (nSPS) is 13.1. The van der Waals surface area contributed by atoms with E-state index < -0.39 is 11.7 Å². The van der Waals surface area contributed by atoms with E-state index in [4.69, 9.17) is 5.11 Å². The number of nitrogens with one attached hydrogen (secondary N) is 1. The van der Waals surface area contributed by atoms with Gasteiger partial charge in [0.15, 0.2) is 0 Å². The van der Waals surface area contributed by atoms with E-state index >= 15 is 0 Å². The van der Waals surface area contributed by atoms with Crippen LogP contribution in [0.5, 0.6) is 0 Å². The summed E-state index contributed by atoms with van der Waals surface area (Å²) in [5.41, 5.74) is -0.443. The molecule has 0 heterocycles. The van der Waals surface area contributed by atoms with Crippen LogP contribution in [-0.2, 0) is 17.4 Å². The molecule has 0 bridgehead atoms. The quantitative estimate of drug-likeness (QED) is 0.845. The van der Waals surface area contributed by atoms with Crippen LogP contribution in [0, 0.1) is 0 Å². The van der Waals surface area contributed by atoms with Crippen LogP contribution in [0.3, 0.4) is 0 Å². The van der Waals surface area contributed by atoms with E-state index in [9.17, 15) is 18.0 Å². The fourth-order valence-corrected chi connectivity index (χ4v) is 1.86. The standard InChI is InChI=1S/C14H18F3NO2/c1-2-12(6-7-19)18-13(20)9-10-4-3-5-11(8-10)14(15,16)17/h3-5,8,12,19H,2,6-7,9H2,1H3,(H,18,20). The van der Waals surface area contributed by atoms with Crippen LogP contribution < -0.4 is 5.32 Å². The van der Waals surface area contributed by atoms with Gasteiger partial charge in [0.25, 0.3) is 0 Å². The van der Waals surface area contributed by atoms with Gasteiger partial charge in [-0.3, -0.25) is 4.79 Å². The third-order valence-electron chi connectivity index (χ3n) is 2.95. The molecule has 1 rings (SSSR count). The zero-order valence-corrected chi connectivity index (χ0v) is 11.2. The molecular weight excluding hydrogens is 271 g/mol. The van der Waals surface area contributed by atoms with E-state index in [-0.39, 0.29) is 25.0 Å². The van der Waals surface area contributed by atoms with Crippen LogP contribution in [-0.4, -0.2) is 23.7 Å². The Morgan fingerprint density at radius 3 is 2.65 bits per heavy atom. The molecule has 1 aromatic carbocycles. The average Bonchev–Trinajstić information content (AvgIpc) is 2.37. The number of amides is 1. The Balaban J connectivity index is 2.66. The number of halogens is 3. The van der Waals surface area contributed by atoms with E-state index in [0.717, 1.165) is 12.1 Å². The van der Waals surface area contributed by atoms with Crippen molar-refractivity contribution in [3.63, 3.8) is 0 Å². The zero-order valence-electron chi connectivity index (χ0n) is 11.2. The lowest BCUT2D eigenvalue weighted by Gasteiger charge is -2.16. The number of alkyl halides is 3. The molecule has 0 aromatic heterocycles. The highest BCUT2D eigenvalue weighted by Gasteiger charge is 2.30. The highest BCUT2D eigenvalue weighted by molar-refractivity contribution is 5.78. The molecule has 20 heavy (non-hydrogen) atoms. The number of hydrogen-bond donors (Lipinski definition) is 2. The molecule has 0 aliphatic heterocycles. The molecule has 0 aliphatic carbocycles. The van der Waals surface area contributed by atoms with Gasteiger partial charge in [0.05, 0.1) is 12.0 Å². The van der Waals surface area contributed by atoms with Gasteiger partial charge in [-0.05, 0) is 24.5 Å². The van der Waals surface area contributed by atoms with Crippen molar-refractivity contribution >= 4 is 5.91 Å². The second-order valence-corrected chi connectivity index (χ2v) is 4.56. The van der Waals surface area contributed by atoms with Gasteiger partial charge in [0.2, 0.25) is 5.91 Å². The predicted molar refractivity (Wildman–Crippen MR) is 69.1 cm³/mol. The molecule has 0 fully saturated rings. The molecule has 3 nitrogen and oxygen atoms in total. The summed E-state index contributed by atoms with van der Waals surface area (Å²) in [6.07, 6.45) is -3.42. The maximum Gasteiger partial charge on any atom is 0.416 e. The van der Waals surface area contributed by atoms with Crippen molar-refractivity contribution in [2.75, 3.05) is 6.61 Å². The van der Waals surface area contributed by atoms with E-state index in [2.05, 4.69) is 5.32 Å². The maximum atomic E-state index is 12.5. The van der Waals surface area contributed by atoms with E-state index in [0.29, 0.717) is 18.4 Å². The number of hydrogen-bond acceptors (Lipinski definition) is 2. The van der Waals surface area contributed by atoms with Gasteiger partial charge in [-0.25, -0.2) is 0 Å². The predicted octanol–water partition coefficient (Wildman–Crippen LogP) is 2.53.